The van der Waals surface area contributed by atoms with Gasteiger partial charge in [0.25, 0.3) is 11.6 Å². The highest BCUT2D eigenvalue weighted by molar-refractivity contribution is 7.20. The molecule has 1 amide bonds. The van der Waals surface area contributed by atoms with E-state index in [1.54, 1.807) is 18.3 Å². The van der Waals surface area contributed by atoms with Crippen molar-refractivity contribution in [2.45, 2.75) is 6.54 Å². The monoisotopic (exact) mass is 488 g/mol. The van der Waals surface area contributed by atoms with Gasteiger partial charge in [-0.15, -0.1) is 11.3 Å². The number of rotatable bonds is 6. The second kappa shape index (κ2) is 9.09. The predicted molar refractivity (Wildman–Crippen MR) is 136 cm³/mol. The summed E-state index contributed by atoms with van der Waals surface area (Å²) < 4.78 is 2.89. The minimum absolute atomic E-state index is 0.0107. The summed E-state index contributed by atoms with van der Waals surface area (Å²) in [5.41, 5.74) is 5.44. The Bertz CT molecular complexity index is 1590. The first kappa shape index (κ1) is 21.8. The van der Waals surface area contributed by atoms with E-state index in [9.17, 15) is 14.9 Å². The van der Waals surface area contributed by atoms with Crippen molar-refractivity contribution in [3.05, 3.63) is 110 Å². The lowest BCUT2D eigenvalue weighted by molar-refractivity contribution is -0.384. The second-order valence-corrected chi connectivity index (χ2v) is 9.10. The minimum Gasteiger partial charge on any atom is -0.342 e. The van der Waals surface area contributed by atoms with Gasteiger partial charge in [0.15, 0.2) is 0 Å². The van der Waals surface area contributed by atoms with Crippen molar-refractivity contribution in [2.75, 3.05) is 0 Å². The van der Waals surface area contributed by atoms with E-state index < -0.39 is 4.92 Å². The first-order valence-electron chi connectivity index (χ1n) is 10.3. The molecule has 5 aromatic rings. The Morgan fingerprint density at radius 1 is 1.12 bits per heavy atom. The van der Waals surface area contributed by atoms with Crippen molar-refractivity contribution in [1.82, 2.24) is 9.99 Å². The van der Waals surface area contributed by atoms with Crippen molar-refractivity contribution in [2.24, 2.45) is 5.10 Å². The molecule has 0 spiro atoms. The maximum absolute atomic E-state index is 12.6. The lowest BCUT2D eigenvalue weighted by atomic mass is 10.2. The molecule has 0 saturated heterocycles. The SMILES string of the molecule is O=C(N/N=C\c1cn(Cc2ccccc2Cl)c2ccccc12)c1cc2cc([N+](=O)[O-])ccc2s1. The zero-order valence-electron chi connectivity index (χ0n) is 17.6. The quantitative estimate of drug-likeness (QED) is 0.174. The standard InChI is InChI=1S/C25H17ClN4O3S/c26-21-7-3-1-5-16(21)14-29-15-18(20-6-2-4-8-22(20)29)13-27-28-25(31)24-12-17-11-19(30(32)33)9-10-23(17)34-24/h1-13,15H,14H2,(H,28,31)/b27-13-. The number of carbonyl (C=O) groups is 1. The molecule has 7 nitrogen and oxygen atoms in total. The molecule has 168 valence electrons. The molecule has 0 radical (unpaired) electrons. The van der Waals surface area contributed by atoms with Crippen LogP contribution >= 0.6 is 22.9 Å². The van der Waals surface area contributed by atoms with Gasteiger partial charge in [-0.3, -0.25) is 14.9 Å². The van der Waals surface area contributed by atoms with Crippen LogP contribution < -0.4 is 5.43 Å². The Hall–Kier alpha value is -4.01. The van der Waals surface area contributed by atoms with Gasteiger partial charge < -0.3 is 4.57 Å². The second-order valence-electron chi connectivity index (χ2n) is 7.61. The van der Waals surface area contributed by atoms with E-state index >= 15 is 0 Å². The van der Waals surface area contributed by atoms with Gasteiger partial charge in [-0.1, -0.05) is 48.0 Å². The predicted octanol–water partition coefficient (Wildman–Crippen LogP) is 6.23. The van der Waals surface area contributed by atoms with Crippen LogP contribution in [-0.2, 0) is 6.54 Å². The highest BCUT2D eigenvalue weighted by Gasteiger charge is 2.13. The number of benzene rings is 3. The molecule has 34 heavy (non-hydrogen) atoms. The average Bonchev–Trinajstić information content (AvgIpc) is 3.42. The van der Waals surface area contributed by atoms with Crippen molar-refractivity contribution < 1.29 is 9.72 Å². The van der Waals surface area contributed by atoms with Crippen LogP contribution in [0.3, 0.4) is 0 Å². The molecule has 9 heteroatoms. The van der Waals surface area contributed by atoms with Gasteiger partial charge in [0, 0.05) is 56.4 Å². The van der Waals surface area contributed by atoms with Crippen LogP contribution in [0, 0.1) is 10.1 Å². The summed E-state index contributed by atoms with van der Waals surface area (Å²) in [7, 11) is 0. The van der Waals surface area contributed by atoms with Crippen LogP contribution in [0.5, 0.6) is 0 Å². The van der Waals surface area contributed by atoms with E-state index in [1.807, 2.05) is 54.7 Å². The fourth-order valence-corrected chi connectivity index (χ4v) is 4.92. The minimum atomic E-state index is -0.455. The Morgan fingerprint density at radius 3 is 2.74 bits per heavy atom. The number of halogens is 1. The Balaban J connectivity index is 1.37. The van der Waals surface area contributed by atoms with Gasteiger partial charge in [-0.2, -0.15) is 5.10 Å². The molecule has 0 saturated carbocycles. The molecule has 1 N–H and O–H groups in total. The fraction of sp³-hybridized carbons (Fsp3) is 0.0400. The number of hydrazone groups is 1. The van der Waals surface area contributed by atoms with Crippen LogP contribution in [0.4, 0.5) is 5.69 Å². The molecule has 2 heterocycles. The maximum atomic E-state index is 12.6. The number of para-hydroxylation sites is 1. The molecule has 3 aromatic carbocycles. The first-order valence-corrected chi connectivity index (χ1v) is 11.5. The number of nitrogens with one attached hydrogen (secondary N) is 1. The number of nitrogens with zero attached hydrogens (tertiary/aromatic N) is 3. The van der Waals surface area contributed by atoms with E-state index in [1.165, 1.54) is 23.5 Å². The van der Waals surface area contributed by atoms with E-state index in [0.717, 1.165) is 26.7 Å². The number of nitro benzene ring substituents is 1. The molecule has 0 unspecified atom stereocenters. The van der Waals surface area contributed by atoms with E-state index in [2.05, 4.69) is 15.1 Å². The lowest BCUT2D eigenvalue weighted by Gasteiger charge is -2.07. The van der Waals surface area contributed by atoms with Crippen LogP contribution in [-0.4, -0.2) is 21.6 Å². The number of hydrogen-bond donors (Lipinski definition) is 1. The van der Waals surface area contributed by atoms with Crippen molar-refractivity contribution >= 4 is 61.7 Å². The summed E-state index contributed by atoms with van der Waals surface area (Å²) in [5, 5.41) is 17.5. The number of fused-ring (bicyclic) bond motifs is 2. The number of amides is 1. The third-order valence-electron chi connectivity index (χ3n) is 5.42. The molecular weight excluding hydrogens is 472 g/mol. The molecule has 2 aromatic heterocycles. The average molecular weight is 489 g/mol. The molecule has 0 aliphatic carbocycles. The van der Waals surface area contributed by atoms with Crippen molar-refractivity contribution in [3.8, 4) is 0 Å². The maximum Gasteiger partial charge on any atom is 0.281 e. The summed E-state index contributed by atoms with van der Waals surface area (Å²) in [6.45, 7) is 0.605. The summed E-state index contributed by atoms with van der Waals surface area (Å²) in [6.07, 6.45) is 3.59. The largest absolute Gasteiger partial charge is 0.342 e. The molecular formula is C25H17ClN4O3S. The van der Waals surface area contributed by atoms with Crippen molar-refractivity contribution in [3.63, 3.8) is 0 Å². The topological polar surface area (TPSA) is 89.5 Å². The number of carbonyl (C=O) groups excluding carboxylic acids is 1. The van der Waals surface area contributed by atoms with Crippen LogP contribution in [0.25, 0.3) is 21.0 Å². The highest BCUT2D eigenvalue weighted by Crippen LogP contribution is 2.29. The lowest BCUT2D eigenvalue weighted by Crippen LogP contribution is -2.16. The summed E-state index contributed by atoms with van der Waals surface area (Å²) in [5.74, 6) is -0.375. The van der Waals surface area contributed by atoms with E-state index in [0.29, 0.717) is 21.8 Å². The zero-order valence-corrected chi connectivity index (χ0v) is 19.2. The van der Waals surface area contributed by atoms with E-state index in [-0.39, 0.29) is 11.6 Å². The van der Waals surface area contributed by atoms with Crippen LogP contribution in [0.1, 0.15) is 20.8 Å². The fourth-order valence-electron chi connectivity index (χ4n) is 3.79. The van der Waals surface area contributed by atoms with Gasteiger partial charge in [0.1, 0.15) is 0 Å². The number of thiophene rings is 1. The first-order chi connectivity index (χ1) is 16.5. The number of nitro groups is 1. The smallest absolute Gasteiger partial charge is 0.281 e. The molecule has 0 fully saturated rings. The summed E-state index contributed by atoms with van der Waals surface area (Å²) >= 11 is 7.60. The normalized spacial score (nSPS) is 11.4. The molecule has 0 aliphatic rings. The Labute approximate surface area is 203 Å². The van der Waals surface area contributed by atoms with Gasteiger partial charge in [-0.25, -0.2) is 5.43 Å². The molecule has 0 aliphatic heterocycles. The van der Waals surface area contributed by atoms with Gasteiger partial charge >= 0.3 is 0 Å². The van der Waals surface area contributed by atoms with Gasteiger partial charge in [-0.05, 0) is 29.8 Å². The van der Waals surface area contributed by atoms with Crippen molar-refractivity contribution in [1.29, 1.82) is 0 Å². The summed E-state index contributed by atoms with van der Waals surface area (Å²) in [6, 6.07) is 21.8. The number of non-ortho nitro benzene ring substituents is 1. The number of aromatic nitrogens is 1. The third-order valence-corrected chi connectivity index (χ3v) is 6.91. The third kappa shape index (κ3) is 4.28. The van der Waals surface area contributed by atoms with Crippen LogP contribution in [0.2, 0.25) is 5.02 Å². The Morgan fingerprint density at radius 2 is 1.91 bits per heavy atom. The highest BCUT2D eigenvalue weighted by atomic mass is 35.5. The number of hydrogen-bond acceptors (Lipinski definition) is 5. The Kier molecular flexibility index (Phi) is 5.83. The summed E-state index contributed by atoms with van der Waals surface area (Å²) in [4.78, 5) is 23.5. The van der Waals surface area contributed by atoms with Crippen LogP contribution in [0.15, 0.2) is 84.1 Å². The molecule has 0 atom stereocenters. The molecule has 5 rings (SSSR count). The van der Waals surface area contributed by atoms with Gasteiger partial charge in [0.05, 0.1) is 16.0 Å². The van der Waals surface area contributed by atoms with E-state index in [4.69, 9.17) is 11.6 Å². The van der Waals surface area contributed by atoms with Gasteiger partial charge in [0.2, 0.25) is 0 Å². The zero-order chi connectivity index (χ0) is 23.7. The molecule has 0 bridgehead atoms.